The first kappa shape index (κ1) is 14.5. The Morgan fingerprint density at radius 2 is 1.77 bits per heavy atom. The smallest absolute Gasteiger partial charge is 0.264 e. The van der Waals surface area contributed by atoms with Gasteiger partial charge in [-0.25, -0.2) is 0 Å². The zero-order valence-electron chi connectivity index (χ0n) is 12.6. The zero-order chi connectivity index (χ0) is 15.6. The molecule has 1 N–H and O–H groups in total. The fraction of sp³-hybridized carbons (Fsp3) is 0.211. The summed E-state index contributed by atoms with van der Waals surface area (Å²) in [6.45, 7) is 2.35. The van der Waals surface area contributed by atoms with Gasteiger partial charge in [-0.2, -0.15) is 0 Å². The molecule has 0 fully saturated rings. The Bertz CT molecular complexity index is 708. The molecule has 0 saturated heterocycles. The molecule has 1 atom stereocenters. The molecular formula is C19H19NO2. The van der Waals surface area contributed by atoms with Crippen LogP contribution in [0.3, 0.4) is 0 Å². The van der Waals surface area contributed by atoms with Crippen molar-refractivity contribution in [3.63, 3.8) is 0 Å². The molecule has 2 aromatic carbocycles. The van der Waals surface area contributed by atoms with Crippen molar-refractivity contribution in [3.05, 3.63) is 77.9 Å². The van der Waals surface area contributed by atoms with Gasteiger partial charge in [-0.1, -0.05) is 60.7 Å². The third kappa shape index (κ3) is 2.34. The van der Waals surface area contributed by atoms with E-state index in [-0.39, 0.29) is 5.91 Å². The molecule has 1 aliphatic rings. The Balaban J connectivity index is 2.00. The minimum absolute atomic E-state index is 0.254. The first-order chi connectivity index (χ1) is 10.7. The van der Waals surface area contributed by atoms with Gasteiger partial charge in [0.1, 0.15) is 0 Å². The van der Waals surface area contributed by atoms with Crippen LogP contribution in [-0.4, -0.2) is 11.0 Å². The van der Waals surface area contributed by atoms with Crippen LogP contribution in [0.1, 0.15) is 24.5 Å². The molecule has 112 valence electrons. The quantitative estimate of drug-likeness (QED) is 0.878. The van der Waals surface area contributed by atoms with Crippen LogP contribution in [0.25, 0.3) is 0 Å². The van der Waals surface area contributed by atoms with Gasteiger partial charge in [-0.15, -0.1) is 0 Å². The van der Waals surface area contributed by atoms with Crippen molar-refractivity contribution >= 4 is 11.6 Å². The van der Waals surface area contributed by atoms with Crippen LogP contribution >= 0.6 is 0 Å². The van der Waals surface area contributed by atoms with E-state index in [1.807, 2.05) is 73.7 Å². The summed E-state index contributed by atoms with van der Waals surface area (Å²) in [4.78, 5) is 14.5. The van der Waals surface area contributed by atoms with Gasteiger partial charge in [0.25, 0.3) is 5.91 Å². The highest BCUT2D eigenvalue weighted by Gasteiger charge is 2.48. The van der Waals surface area contributed by atoms with Gasteiger partial charge >= 0.3 is 0 Å². The maximum atomic E-state index is 12.8. The Morgan fingerprint density at radius 1 is 1.09 bits per heavy atom. The predicted molar refractivity (Wildman–Crippen MR) is 87.4 cm³/mol. The number of carbonyl (C=O) groups is 1. The molecule has 0 aliphatic carbocycles. The number of aliphatic hydroxyl groups is 1. The van der Waals surface area contributed by atoms with E-state index >= 15 is 0 Å². The van der Waals surface area contributed by atoms with Gasteiger partial charge in [0.2, 0.25) is 0 Å². The summed E-state index contributed by atoms with van der Waals surface area (Å²) in [5.74, 6) is -0.254. The van der Waals surface area contributed by atoms with E-state index in [2.05, 4.69) is 0 Å². The number of hydrogen-bond acceptors (Lipinski definition) is 2. The van der Waals surface area contributed by atoms with Gasteiger partial charge in [-0.05, 0) is 18.6 Å². The van der Waals surface area contributed by atoms with Gasteiger partial charge in [-0.3, -0.25) is 4.79 Å². The number of carbonyl (C=O) groups excluding carboxylic acids is 1. The number of rotatable bonds is 4. The molecule has 1 unspecified atom stereocenters. The van der Waals surface area contributed by atoms with E-state index < -0.39 is 5.60 Å². The summed E-state index contributed by atoms with van der Waals surface area (Å²) in [6.07, 6.45) is 3.99. The molecular weight excluding hydrogens is 274 g/mol. The molecule has 3 heteroatoms. The van der Waals surface area contributed by atoms with Crippen LogP contribution in [0.4, 0.5) is 5.69 Å². The van der Waals surface area contributed by atoms with E-state index in [0.717, 1.165) is 11.3 Å². The van der Waals surface area contributed by atoms with Crippen molar-refractivity contribution in [1.29, 1.82) is 0 Å². The van der Waals surface area contributed by atoms with Gasteiger partial charge in [0.15, 0.2) is 5.60 Å². The van der Waals surface area contributed by atoms with Crippen LogP contribution in [-0.2, 0) is 16.9 Å². The standard InChI is InChI=1S/C19H19NO2/c1-2-3-13-19(22)16-11-7-8-12-17(16)20(18(19)21)14-15-9-5-4-6-10-15/h2-12,22H,13-14H2,1H3/b3-2-. The number of benzene rings is 2. The second kappa shape index (κ2) is 5.78. The predicted octanol–water partition coefficient (Wildman–Crippen LogP) is 3.39. The van der Waals surface area contributed by atoms with E-state index in [0.29, 0.717) is 18.5 Å². The number of hydrogen-bond donors (Lipinski definition) is 1. The lowest BCUT2D eigenvalue weighted by molar-refractivity contribution is -0.135. The normalized spacial score (nSPS) is 20.6. The van der Waals surface area contributed by atoms with Crippen LogP contribution in [0.5, 0.6) is 0 Å². The van der Waals surface area contributed by atoms with Crippen molar-refractivity contribution in [2.45, 2.75) is 25.5 Å². The summed E-state index contributed by atoms with van der Waals surface area (Å²) in [7, 11) is 0. The molecule has 0 radical (unpaired) electrons. The van der Waals surface area contributed by atoms with Gasteiger partial charge in [0, 0.05) is 12.0 Å². The maximum absolute atomic E-state index is 12.8. The number of para-hydroxylation sites is 1. The highest BCUT2D eigenvalue weighted by molar-refractivity contribution is 6.06. The molecule has 0 saturated carbocycles. The van der Waals surface area contributed by atoms with Crippen molar-refractivity contribution < 1.29 is 9.90 Å². The molecule has 0 spiro atoms. The fourth-order valence-electron chi connectivity index (χ4n) is 2.92. The molecule has 1 amide bonds. The average molecular weight is 293 g/mol. The Hall–Kier alpha value is -2.39. The fourth-order valence-corrected chi connectivity index (χ4v) is 2.92. The first-order valence-corrected chi connectivity index (χ1v) is 7.46. The topological polar surface area (TPSA) is 40.5 Å². The van der Waals surface area contributed by atoms with Crippen molar-refractivity contribution in [2.75, 3.05) is 4.90 Å². The largest absolute Gasteiger partial charge is 0.375 e. The summed E-state index contributed by atoms with van der Waals surface area (Å²) in [5.41, 5.74) is 1.07. The van der Waals surface area contributed by atoms with E-state index in [1.165, 1.54) is 0 Å². The summed E-state index contributed by atoms with van der Waals surface area (Å²) >= 11 is 0. The Kier molecular flexibility index (Phi) is 3.82. The zero-order valence-corrected chi connectivity index (χ0v) is 12.6. The molecule has 0 aromatic heterocycles. The second-order valence-corrected chi connectivity index (χ2v) is 5.53. The monoisotopic (exact) mass is 293 g/mol. The number of anilines is 1. The third-order valence-corrected chi connectivity index (χ3v) is 4.07. The van der Waals surface area contributed by atoms with E-state index in [9.17, 15) is 9.90 Å². The lowest BCUT2D eigenvalue weighted by atomic mass is 9.92. The van der Waals surface area contributed by atoms with Crippen LogP contribution in [0, 0.1) is 0 Å². The SMILES string of the molecule is C/C=C\CC1(O)C(=O)N(Cc2ccccc2)c2ccccc21. The third-order valence-electron chi connectivity index (χ3n) is 4.07. The van der Waals surface area contributed by atoms with Crippen molar-refractivity contribution in [2.24, 2.45) is 0 Å². The Labute approximate surface area is 130 Å². The highest BCUT2D eigenvalue weighted by Crippen LogP contribution is 2.43. The molecule has 0 bridgehead atoms. The minimum atomic E-state index is -1.46. The van der Waals surface area contributed by atoms with E-state index in [4.69, 9.17) is 0 Å². The summed E-state index contributed by atoms with van der Waals surface area (Å²) in [6, 6.07) is 17.3. The van der Waals surface area contributed by atoms with Gasteiger partial charge < -0.3 is 10.0 Å². The molecule has 22 heavy (non-hydrogen) atoms. The van der Waals surface area contributed by atoms with Crippen molar-refractivity contribution in [3.8, 4) is 0 Å². The number of fused-ring (bicyclic) bond motifs is 1. The molecule has 1 heterocycles. The second-order valence-electron chi connectivity index (χ2n) is 5.53. The minimum Gasteiger partial charge on any atom is -0.375 e. The van der Waals surface area contributed by atoms with Gasteiger partial charge in [0.05, 0.1) is 12.2 Å². The summed E-state index contributed by atoms with van der Waals surface area (Å²) < 4.78 is 0. The number of allylic oxidation sites excluding steroid dienone is 1. The van der Waals surface area contributed by atoms with Crippen LogP contribution in [0.15, 0.2) is 66.7 Å². The van der Waals surface area contributed by atoms with Crippen molar-refractivity contribution in [1.82, 2.24) is 0 Å². The summed E-state index contributed by atoms with van der Waals surface area (Å²) in [5, 5.41) is 10.9. The number of nitrogens with zero attached hydrogens (tertiary/aromatic N) is 1. The molecule has 1 aliphatic heterocycles. The maximum Gasteiger partial charge on any atom is 0.264 e. The molecule has 3 rings (SSSR count). The lowest BCUT2D eigenvalue weighted by Gasteiger charge is -2.22. The Morgan fingerprint density at radius 3 is 2.50 bits per heavy atom. The van der Waals surface area contributed by atoms with Crippen LogP contribution in [0.2, 0.25) is 0 Å². The number of amides is 1. The molecule has 2 aromatic rings. The molecule has 3 nitrogen and oxygen atoms in total. The average Bonchev–Trinajstić information content (AvgIpc) is 2.77. The van der Waals surface area contributed by atoms with E-state index in [1.54, 1.807) is 4.90 Å². The lowest BCUT2D eigenvalue weighted by Crippen LogP contribution is -2.39. The first-order valence-electron chi connectivity index (χ1n) is 7.46. The van der Waals surface area contributed by atoms with Crippen LogP contribution < -0.4 is 4.90 Å². The highest BCUT2D eigenvalue weighted by atomic mass is 16.3.